The van der Waals surface area contributed by atoms with Crippen molar-refractivity contribution in [2.45, 2.75) is 31.5 Å². The number of rotatable bonds is 10. The number of hydrogen-bond donors (Lipinski definition) is 0. The summed E-state index contributed by atoms with van der Waals surface area (Å²) >= 11 is 12.1. The number of piperidine rings is 1. The Morgan fingerprint density at radius 3 is 2.26 bits per heavy atom. The maximum absolute atomic E-state index is 12.6. The van der Waals surface area contributed by atoms with E-state index < -0.39 is 0 Å². The Morgan fingerprint density at radius 1 is 0.872 bits per heavy atom. The van der Waals surface area contributed by atoms with E-state index in [0.29, 0.717) is 35.6 Å². The molecule has 1 aromatic heterocycles. The molecule has 0 N–H and O–H groups in total. The third-order valence-corrected chi connectivity index (χ3v) is 8.30. The molecule has 3 aromatic carbocycles. The number of aromatic nitrogens is 2. The number of hydrogen-bond acceptors (Lipinski definition) is 5. The Kier molecular flexibility index (Phi) is 8.52. The minimum atomic E-state index is -0.327. The van der Waals surface area contributed by atoms with Gasteiger partial charge in [-0.3, -0.25) is 14.0 Å². The van der Waals surface area contributed by atoms with Gasteiger partial charge in [0.15, 0.2) is 0 Å². The zero-order chi connectivity index (χ0) is 27.4. The number of methoxy groups -OCH3 is 1. The number of benzene rings is 3. The lowest BCUT2D eigenvalue weighted by molar-refractivity contribution is -0.0839. The van der Waals surface area contributed by atoms with Crippen LogP contribution in [0.15, 0.2) is 71.5 Å². The Balaban J connectivity index is 1.10. The van der Waals surface area contributed by atoms with Crippen molar-refractivity contribution in [3.63, 3.8) is 0 Å². The van der Waals surface area contributed by atoms with Crippen molar-refractivity contribution in [1.29, 1.82) is 0 Å². The van der Waals surface area contributed by atoms with E-state index in [9.17, 15) is 4.79 Å². The maximum Gasteiger partial charge on any atom is 0.328 e. The van der Waals surface area contributed by atoms with Gasteiger partial charge in [-0.2, -0.15) is 0 Å². The monoisotopic (exact) mass is 569 g/mol. The van der Waals surface area contributed by atoms with Crippen molar-refractivity contribution < 1.29 is 14.2 Å². The zero-order valence-electron chi connectivity index (χ0n) is 22.2. The minimum absolute atomic E-state index is 0.0323. The van der Waals surface area contributed by atoms with Crippen LogP contribution in [0.25, 0.3) is 11.0 Å². The molecule has 0 bridgehead atoms. The fraction of sp³-hybridized carbons (Fsp3) is 0.367. The molecule has 0 aliphatic carbocycles. The number of ether oxygens (including phenoxy) is 3. The van der Waals surface area contributed by atoms with Crippen LogP contribution in [-0.2, 0) is 24.9 Å². The molecular formula is C30H33Cl2N3O4. The molecule has 0 amide bonds. The number of para-hydroxylation sites is 2. The summed E-state index contributed by atoms with van der Waals surface area (Å²) in [6.07, 6.45) is 1.75. The largest absolute Gasteiger partial charge is 0.492 e. The minimum Gasteiger partial charge on any atom is -0.492 e. The molecule has 206 valence electrons. The summed E-state index contributed by atoms with van der Waals surface area (Å²) in [5.74, 6) is 1.48. The maximum atomic E-state index is 12.6. The van der Waals surface area contributed by atoms with E-state index in [1.54, 1.807) is 35.4 Å². The smallest absolute Gasteiger partial charge is 0.328 e. The van der Waals surface area contributed by atoms with E-state index in [1.165, 1.54) is 5.56 Å². The number of imidazole rings is 1. The van der Waals surface area contributed by atoms with Crippen molar-refractivity contribution in [2.75, 3.05) is 33.4 Å². The van der Waals surface area contributed by atoms with Crippen LogP contribution < -0.4 is 15.2 Å². The van der Waals surface area contributed by atoms with Gasteiger partial charge in [0.1, 0.15) is 30.3 Å². The van der Waals surface area contributed by atoms with Crippen molar-refractivity contribution in [2.24, 2.45) is 7.05 Å². The van der Waals surface area contributed by atoms with Gasteiger partial charge in [0.25, 0.3) is 0 Å². The Labute approximate surface area is 238 Å². The lowest BCUT2D eigenvalue weighted by Gasteiger charge is -2.40. The van der Waals surface area contributed by atoms with Gasteiger partial charge in [0, 0.05) is 39.9 Å². The summed E-state index contributed by atoms with van der Waals surface area (Å²) in [6.45, 7) is 4.06. The number of aryl methyl sites for hydroxylation is 1. The van der Waals surface area contributed by atoms with Gasteiger partial charge in [-0.1, -0.05) is 47.5 Å². The Hall–Kier alpha value is -2.97. The van der Waals surface area contributed by atoms with Gasteiger partial charge >= 0.3 is 5.69 Å². The first-order valence-electron chi connectivity index (χ1n) is 13.1. The van der Waals surface area contributed by atoms with Crippen molar-refractivity contribution >= 4 is 34.2 Å². The summed E-state index contributed by atoms with van der Waals surface area (Å²) < 4.78 is 21.3. The van der Waals surface area contributed by atoms with Crippen LogP contribution >= 0.6 is 23.2 Å². The summed E-state index contributed by atoms with van der Waals surface area (Å²) in [5, 5.41) is 0.989. The van der Waals surface area contributed by atoms with Crippen LogP contribution in [-0.4, -0.2) is 53.0 Å². The van der Waals surface area contributed by atoms with Crippen LogP contribution in [0.2, 0.25) is 10.0 Å². The van der Waals surface area contributed by atoms with Crippen LogP contribution in [0, 0.1) is 0 Å². The number of likely N-dealkylation sites (tertiary alicyclic amines) is 1. The lowest BCUT2D eigenvalue weighted by atomic mass is 9.91. The lowest BCUT2D eigenvalue weighted by Crippen LogP contribution is -2.48. The predicted octanol–water partition coefficient (Wildman–Crippen LogP) is 5.79. The van der Waals surface area contributed by atoms with Gasteiger partial charge in [0.2, 0.25) is 0 Å². The molecule has 0 radical (unpaired) electrons. The molecule has 2 heterocycles. The summed E-state index contributed by atoms with van der Waals surface area (Å²) in [5.41, 5.74) is 2.71. The highest BCUT2D eigenvalue weighted by molar-refractivity contribution is 6.42. The molecule has 0 saturated carbocycles. The molecule has 0 spiro atoms. The topological polar surface area (TPSA) is 57.9 Å². The van der Waals surface area contributed by atoms with Crippen molar-refractivity contribution in [1.82, 2.24) is 14.0 Å². The Bertz CT molecular complexity index is 1470. The molecular weight excluding hydrogens is 537 g/mol. The third-order valence-electron chi connectivity index (χ3n) is 7.56. The van der Waals surface area contributed by atoms with Crippen molar-refractivity contribution in [3.8, 4) is 11.5 Å². The normalized spacial score (nSPS) is 15.5. The first-order chi connectivity index (χ1) is 18.9. The quantitative estimate of drug-likeness (QED) is 0.242. The summed E-state index contributed by atoms with van der Waals surface area (Å²) in [7, 11) is 3.55. The molecule has 0 atom stereocenters. The van der Waals surface area contributed by atoms with Crippen LogP contribution in [0.1, 0.15) is 18.4 Å². The number of nitrogens with zero attached hydrogens (tertiary/aromatic N) is 3. The zero-order valence-corrected chi connectivity index (χ0v) is 23.8. The second kappa shape index (κ2) is 12.0. The second-order valence-electron chi connectivity index (χ2n) is 10.0. The van der Waals surface area contributed by atoms with Crippen molar-refractivity contribution in [3.05, 3.63) is 92.8 Å². The molecule has 9 heteroatoms. The fourth-order valence-electron chi connectivity index (χ4n) is 5.09. The highest BCUT2D eigenvalue weighted by Gasteiger charge is 2.35. The van der Waals surface area contributed by atoms with Gasteiger partial charge in [-0.15, -0.1) is 0 Å². The Morgan fingerprint density at radius 2 is 1.56 bits per heavy atom. The number of fused-ring (bicyclic) bond motifs is 1. The standard InChI is InChI=1S/C30H33Cl2N3O4/c1-33-27-5-3-4-6-28(27)35(29(33)36)17-18-38-23-9-7-22(8-10-23)20-34-15-13-30(37-2,14-16-34)21-39-24-11-12-25(31)26(32)19-24/h3-12,19H,13-18,20-21H2,1-2H3. The molecule has 1 fully saturated rings. The van der Waals surface area contributed by atoms with Gasteiger partial charge in [-0.25, -0.2) is 4.79 Å². The van der Waals surface area contributed by atoms with Crippen LogP contribution in [0.4, 0.5) is 0 Å². The fourth-order valence-corrected chi connectivity index (χ4v) is 5.38. The molecule has 5 rings (SSSR count). The van der Waals surface area contributed by atoms with Gasteiger partial charge in [0.05, 0.1) is 27.6 Å². The first-order valence-corrected chi connectivity index (χ1v) is 13.8. The number of halogens is 2. The van der Waals surface area contributed by atoms with Crippen LogP contribution in [0.3, 0.4) is 0 Å². The van der Waals surface area contributed by atoms with E-state index in [1.807, 2.05) is 42.5 Å². The average molecular weight is 571 g/mol. The summed E-state index contributed by atoms with van der Waals surface area (Å²) in [6, 6.07) is 21.3. The molecule has 39 heavy (non-hydrogen) atoms. The third kappa shape index (κ3) is 6.28. The van der Waals surface area contributed by atoms with Crippen LogP contribution in [0.5, 0.6) is 11.5 Å². The molecule has 7 nitrogen and oxygen atoms in total. The highest BCUT2D eigenvalue weighted by Crippen LogP contribution is 2.30. The van der Waals surface area contributed by atoms with Gasteiger partial charge in [-0.05, 0) is 54.8 Å². The molecule has 1 saturated heterocycles. The molecule has 4 aromatic rings. The molecule has 1 aliphatic rings. The van der Waals surface area contributed by atoms with E-state index in [0.717, 1.165) is 49.3 Å². The molecule has 1 aliphatic heterocycles. The van der Waals surface area contributed by atoms with E-state index in [-0.39, 0.29) is 11.3 Å². The second-order valence-corrected chi connectivity index (χ2v) is 10.8. The SMILES string of the molecule is COC1(COc2ccc(Cl)c(Cl)c2)CCN(Cc2ccc(OCCn3c(=O)n(C)c4ccccc43)cc2)CC1. The highest BCUT2D eigenvalue weighted by atomic mass is 35.5. The predicted molar refractivity (Wildman–Crippen MR) is 155 cm³/mol. The molecule has 0 unspecified atom stereocenters. The van der Waals surface area contributed by atoms with E-state index in [4.69, 9.17) is 37.4 Å². The van der Waals surface area contributed by atoms with Gasteiger partial charge < -0.3 is 14.2 Å². The van der Waals surface area contributed by atoms with E-state index in [2.05, 4.69) is 17.0 Å². The first kappa shape index (κ1) is 27.6. The van der Waals surface area contributed by atoms with E-state index >= 15 is 0 Å². The average Bonchev–Trinajstić information content (AvgIpc) is 3.20. The summed E-state index contributed by atoms with van der Waals surface area (Å²) in [4.78, 5) is 15.0.